The van der Waals surface area contributed by atoms with Crippen molar-refractivity contribution in [2.24, 2.45) is 7.05 Å². The quantitative estimate of drug-likeness (QED) is 0.272. The van der Waals surface area contributed by atoms with E-state index in [1.807, 2.05) is 49.6 Å². The van der Waals surface area contributed by atoms with Gasteiger partial charge in [-0.3, -0.25) is 4.98 Å². The fourth-order valence-corrected chi connectivity index (χ4v) is 4.86. The molecule has 0 N–H and O–H groups in total. The Morgan fingerprint density at radius 3 is 2.11 bits per heavy atom. The molecule has 166 valence electrons. The van der Waals surface area contributed by atoms with Crippen LogP contribution in [0.3, 0.4) is 0 Å². The van der Waals surface area contributed by atoms with Gasteiger partial charge in [0.2, 0.25) is 5.69 Å². The van der Waals surface area contributed by atoms with E-state index in [-0.39, 0.29) is 0 Å². The van der Waals surface area contributed by atoms with E-state index in [0.29, 0.717) is 5.56 Å². The zero-order valence-electron chi connectivity index (χ0n) is 19.5. The highest BCUT2D eigenvalue weighted by Crippen LogP contribution is 2.42. The highest BCUT2D eigenvalue weighted by molar-refractivity contribution is 6.14. The number of benzene rings is 3. The predicted octanol–water partition coefficient (Wildman–Crippen LogP) is 6.99. The molecule has 0 aliphatic carbocycles. The molecule has 0 bridgehead atoms. The van der Waals surface area contributed by atoms with Crippen LogP contribution in [0.25, 0.3) is 55.4 Å². The van der Waals surface area contributed by atoms with Crippen LogP contribution in [-0.2, 0) is 7.05 Å². The number of aromatic nitrogens is 2. The first kappa shape index (κ1) is 20.8. The summed E-state index contributed by atoms with van der Waals surface area (Å²) in [6, 6.07) is 28.9. The number of hydrogen-bond donors (Lipinski definition) is 0. The normalized spacial score (nSPS) is 11.1. The lowest BCUT2D eigenvalue weighted by Gasteiger charge is -2.07. The summed E-state index contributed by atoms with van der Waals surface area (Å²) in [6.07, 6.45) is 5.62. The van der Waals surface area contributed by atoms with Crippen LogP contribution in [0.2, 0.25) is 0 Å². The molecule has 0 saturated carbocycles. The molecule has 0 aliphatic rings. The fraction of sp³-hybridized carbons (Fsp3) is 0.0645. The molecule has 0 atom stereocenters. The van der Waals surface area contributed by atoms with Gasteiger partial charge in [0, 0.05) is 40.9 Å². The van der Waals surface area contributed by atoms with E-state index in [9.17, 15) is 5.26 Å². The first-order chi connectivity index (χ1) is 17.2. The fourth-order valence-electron chi connectivity index (χ4n) is 4.86. The summed E-state index contributed by atoms with van der Waals surface area (Å²) in [5, 5.41) is 12.0. The average Bonchev–Trinajstić information content (AvgIpc) is 3.28. The number of pyridine rings is 2. The smallest absolute Gasteiger partial charge is 0.216 e. The molecule has 3 heterocycles. The van der Waals surface area contributed by atoms with Gasteiger partial charge < -0.3 is 4.42 Å². The minimum atomic E-state index is 0.594. The maximum atomic E-state index is 9.96. The third kappa shape index (κ3) is 3.37. The predicted molar refractivity (Wildman–Crippen MR) is 138 cm³/mol. The lowest BCUT2D eigenvalue weighted by molar-refractivity contribution is -0.660. The number of fused-ring (bicyclic) bond motifs is 3. The second-order valence-electron chi connectivity index (χ2n) is 8.72. The molecule has 0 spiro atoms. The summed E-state index contributed by atoms with van der Waals surface area (Å²) in [5.41, 5.74) is 9.44. The molecule has 4 heteroatoms. The molecule has 6 rings (SSSR count). The summed E-state index contributed by atoms with van der Waals surface area (Å²) in [6.45, 7) is 2.11. The molecule has 4 nitrogen and oxygen atoms in total. The van der Waals surface area contributed by atoms with Crippen LogP contribution in [0.1, 0.15) is 11.1 Å². The van der Waals surface area contributed by atoms with Gasteiger partial charge in [0.15, 0.2) is 6.20 Å². The first-order valence-electron chi connectivity index (χ1n) is 11.5. The van der Waals surface area contributed by atoms with Crippen molar-refractivity contribution in [3.8, 4) is 39.6 Å². The van der Waals surface area contributed by atoms with Crippen molar-refractivity contribution in [1.29, 1.82) is 5.26 Å². The minimum absolute atomic E-state index is 0.594. The van der Waals surface area contributed by atoms with Gasteiger partial charge in [-0.1, -0.05) is 36.4 Å². The van der Waals surface area contributed by atoms with Gasteiger partial charge in [0.1, 0.15) is 18.2 Å². The third-order valence-corrected chi connectivity index (χ3v) is 6.64. The molecule has 35 heavy (non-hydrogen) atoms. The van der Waals surface area contributed by atoms with E-state index < -0.39 is 0 Å². The van der Waals surface area contributed by atoms with Gasteiger partial charge in [-0.15, -0.1) is 0 Å². The van der Waals surface area contributed by atoms with Crippen LogP contribution >= 0.6 is 0 Å². The Bertz CT molecular complexity index is 1760. The van der Waals surface area contributed by atoms with Crippen LogP contribution in [0.4, 0.5) is 0 Å². The van der Waals surface area contributed by atoms with E-state index in [4.69, 9.17) is 4.42 Å². The van der Waals surface area contributed by atoms with Crippen LogP contribution in [-0.4, -0.2) is 4.98 Å². The third-order valence-electron chi connectivity index (χ3n) is 6.64. The molecular formula is C31H22N3O+. The average molecular weight is 453 g/mol. The van der Waals surface area contributed by atoms with Crippen molar-refractivity contribution in [2.45, 2.75) is 6.92 Å². The Morgan fingerprint density at radius 1 is 0.743 bits per heavy atom. The van der Waals surface area contributed by atoms with Crippen molar-refractivity contribution in [1.82, 2.24) is 4.98 Å². The number of furan rings is 1. The number of rotatable bonds is 3. The molecule has 3 aromatic heterocycles. The number of nitrogens with zero attached hydrogens (tertiary/aromatic N) is 3. The van der Waals surface area contributed by atoms with Gasteiger partial charge in [0.25, 0.3) is 0 Å². The summed E-state index contributed by atoms with van der Waals surface area (Å²) < 4.78 is 8.75. The second kappa shape index (κ2) is 8.23. The summed E-state index contributed by atoms with van der Waals surface area (Å²) in [7, 11) is 2.04. The lowest BCUT2D eigenvalue weighted by Crippen LogP contribution is -2.30. The largest absolute Gasteiger partial charge is 0.454 e. The number of nitriles is 1. The monoisotopic (exact) mass is 452 g/mol. The zero-order chi connectivity index (χ0) is 23.9. The Labute approximate surface area is 203 Å². The maximum absolute atomic E-state index is 9.96. The Balaban J connectivity index is 1.61. The van der Waals surface area contributed by atoms with Gasteiger partial charge in [-0.25, -0.2) is 4.57 Å². The van der Waals surface area contributed by atoms with Gasteiger partial charge in [0.05, 0.1) is 17.2 Å². The van der Waals surface area contributed by atoms with E-state index in [2.05, 4.69) is 65.0 Å². The molecular weight excluding hydrogens is 430 g/mol. The van der Waals surface area contributed by atoms with Crippen LogP contribution in [0, 0.1) is 18.3 Å². The van der Waals surface area contributed by atoms with Gasteiger partial charge >= 0.3 is 0 Å². The Hall–Kier alpha value is -4.75. The standard InChI is InChI=1S/C31H22N3O/c1-20-6-12-25-26-13-11-24(19-32)29(23-9-7-21(8-10-23)22-14-16-33-17-15-22)31(26)35-30(25)28(20)27-5-3-4-18-34(27)2/h3-18H,1-2H3/q+1. The van der Waals surface area contributed by atoms with E-state index in [1.54, 1.807) is 12.4 Å². The molecule has 6 aromatic rings. The second-order valence-corrected chi connectivity index (χ2v) is 8.72. The summed E-state index contributed by atoms with van der Waals surface area (Å²) in [4.78, 5) is 4.10. The summed E-state index contributed by atoms with van der Waals surface area (Å²) >= 11 is 0. The lowest BCUT2D eigenvalue weighted by atomic mass is 9.95. The topological polar surface area (TPSA) is 53.7 Å². The highest BCUT2D eigenvalue weighted by Gasteiger charge is 2.22. The Kier molecular flexibility index (Phi) is 4.90. The minimum Gasteiger partial charge on any atom is -0.454 e. The van der Waals surface area contributed by atoms with E-state index in [1.165, 1.54) is 0 Å². The molecule has 0 unspecified atom stereocenters. The van der Waals surface area contributed by atoms with Crippen LogP contribution in [0.15, 0.2) is 102 Å². The van der Waals surface area contributed by atoms with E-state index >= 15 is 0 Å². The first-order valence-corrected chi connectivity index (χ1v) is 11.5. The molecule has 3 aromatic carbocycles. The summed E-state index contributed by atoms with van der Waals surface area (Å²) in [5.74, 6) is 0. The zero-order valence-corrected chi connectivity index (χ0v) is 19.5. The van der Waals surface area contributed by atoms with Crippen molar-refractivity contribution < 1.29 is 8.98 Å². The van der Waals surface area contributed by atoms with Crippen molar-refractivity contribution in [3.63, 3.8) is 0 Å². The van der Waals surface area contributed by atoms with Gasteiger partial charge in [-0.2, -0.15) is 5.26 Å². The number of hydrogen-bond acceptors (Lipinski definition) is 3. The van der Waals surface area contributed by atoms with Crippen LogP contribution in [0.5, 0.6) is 0 Å². The molecule has 0 radical (unpaired) electrons. The molecule has 0 aliphatic heterocycles. The van der Waals surface area contributed by atoms with Crippen molar-refractivity contribution in [3.05, 3.63) is 109 Å². The van der Waals surface area contributed by atoms with Crippen molar-refractivity contribution >= 4 is 21.9 Å². The molecule has 0 saturated heterocycles. The highest BCUT2D eigenvalue weighted by atomic mass is 16.3. The maximum Gasteiger partial charge on any atom is 0.216 e. The number of aryl methyl sites for hydroxylation is 2. The van der Waals surface area contributed by atoms with Gasteiger partial charge in [-0.05, 0) is 59.5 Å². The van der Waals surface area contributed by atoms with Crippen LogP contribution < -0.4 is 4.57 Å². The molecule has 0 fully saturated rings. The Morgan fingerprint density at radius 2 is 1.40 bits per heavy atom. The van der Waals surface area contributed by atoms with Crippen molar-refractivity contribution in [2.75, 3.05) is 0 Å². The van der Waals surface area contributed by atoms with E-state index in [0.717, 1.165) is 61.0 Å². The SMILES string of the molecule is Cc1ccc2c(oc3c(-c4ccc(-c5ccncc5)cc4)c(C#N)ccc32)c1-c1cccc[n+]1C. The molecule has 0 amide bonds.